The molecule has 0 radical (unpaired) electrons. The molecule has 0 aliphatic carbocycles. The number of rotatable bonds is 6. The lowest BCUT2D eigenvalue weighted by molar-refractivity contribution is 0.448. The van der Waals surface area contributed by atoms with E-state index in [0.717, 1.165) is 13.1 Å². The highest BCUT2D eigenvalue weighted by atomic mass is 35.5. The average Bonchev–Trinajstić information content (AvgIpc) is 2.32. The van der Waals surface area contributed by atoms with Gasteiger partial charge in [0.15, 0.2) is 0 Å². The van der Waals surface area contributed by atoms with Crippen LogP contribution in [0.25, 0.3) is 0 Å². The molecule has 0 amide bonds. The molecule has 0 spiro atoms. The third-order valence-electron chi connectivity index (χ3n) is 3.22. The van der Waals surface area contributed by atoms with Crippen LogP contribution in [0.4, 0.5) is 0 Å². The maximum Gasteiger partial charge on any atom is 0.0595 e. The molecule has 0 aliphatic heterocycles. The number of nitrogens with one attached hydrogen (secondary N) is 1. The molecular weight excluding hydrogens is 253 g/mol. The average molecular weight is 274 g/mol. The summed E-state index contributed by atoms with van der Waals surface area (Å²) in [6.45, 7) is 8.79. The van der Waals surface area contributed by atoms with Gasteiger partial charge >= 0.3 is 0 Å². The highest BCUT2D eigenvalue weighted by Gasteiger charge is 2.14. The Kier molecular flexibility index (Phi) is 6.32. The van der Waals surface area contributed by atoms with E-state index in [1.807, 2.05) is 12.1 Å². The zero-order chi connectivity index (χ0) is 12.8. The molecule has 1 aromatic rings. The summed E-state index contributed by atoms with van der Waals surface area (Å²) in [5.41, 5.74) is 1.25. The smallest absolute Gasteiger partial charge is 0.0595 e. The van der Waals surface area contributed by atoms with Crippen molar-refractivity contribution in [3.8, 4) is 0 Å². The van der Waals surface area contributed by atoms with Gasteiger partial charge in [-0.05, 0) is 49.0 Å². The van der Waals surface area contributed by atoms with Gasteiger partial charge in [0.1, 0.15) is 0 Å². The Labute approximate surface area is 115 Å². The molecule has 1 aromatic carbocycles. The van der Waals surface area contributed by atoms with Crippen LogP contribution in [0.15, 0.2) is 18.2 Å². The van der Waals surface area contributed by atoms with Gasteiger partial charge in [-0.2, -0.15) is 0 Å². The van der Waals surface area contributed by atoms with E-state index in [0.29, 0.717) is 21.9 Å². The van der Waals surface area contributed by atoms with Crippen molar-refractivity contribution in [1.82, 2.24) is 5.32 Å². The fourth-order valence-electron chi connectivity index (χ4n) is 1.81. The zero-order valence-corrected chi connectivity index (χ0v) is 12.3. The second-order valence-electron chi connectivity index (χ2n) is 4.64. The minimum atomic E-state index is 0.481. The number of benzene rings is 1. The molecule has 0 fully saturated rings. The number of hydrogen-bond donors (Lipinski definition) is 1. The van der Waals surface area contributed by atoms with Crippen LogP contribution >= 0.6 is 23.2 Å². The normalized spacial score (nSPS) is 14.6. The third-order valence-corrected chi connectivity index (χ3v) is 3.96. The van der Waals surface area contributed by atoms with E-state index in [9.17, 15) is 0 Å². The Bertz CT molecular complexity index is 352. The Balaban J connectivity index is 2.61. The van der Waals surface area contributed by atoms with Crippen LogP contribution in [0.5, 0.6) is 0 Å². The first-order valence-corrected chi connectivity index (χ1v) is 6.97. The van der Waals surface area contributed by atoms with Crippen molar-refractivity contribution in [3.63, 3.8) is 0 Å². The van der Waals surface area contributed by atoms with Gasteiger partial charge in [0.2, 0.25) is 0 Å². The van der Waals surface area contributed by atoms with E-state index < -0.39 is 0 Å². The number of halogens is 2. The minimum Gasteiger partial charge on any atom is -0.316 e. The summed E-state index contributed by atoms with van der Waals surface area (Å²) < 4.78 is 0. The van der Waals surface area contributed by atoms with E-state index in [1.54, 1.807) is 0 Å². The summed E-state index contributed by atoms with van der Waals surface area (Å²) in [6.07, 6.45) is 1.17. The lowest BCUT2D eigenvalue weighted by atomic mass is 9.89. The Morgan fingerprint density at radius 2 is 1.88 bits per heavy atom. The lowest BCUT2D eigenvalue weighted by Gasteiger charge is -2.21. The van der Waals surface area contributed by atoms with Gasteiger partial charge < -0.3 is 5.32 Å². The highest BCUT2D eigenvalue weighted by molar-refractivity contribution is 6.42. The van der Waals surface area contributed by atoms with E-state index in [2.05, 4.69) is 32.2 Å². The Hall–Kier alpha value is -0.240. The van der Waals surface area contributed by atoms with Crippen molar-refractivity contribution < 1.29 is 0 Å². The fraction of sp³-hybridized carbons (Fsp3) is 0.571. The molecule has 0 heterocycles. The van der Waals surface area contributed by atoms with Crippen LogP contribution in [0.3, 0.4) is 0 Å². The van der Waals surface area contributed by atoms with Crippen molar-refractivity contribution in [3.05, 3.63) is 33.8 Å². The van der Waals surface area contributed by atoms with Crippen LogP contribution in [0, 0.1) is 5.92 Å². The van der Waals surface area contributed by atoms with Crippen LogP contribution in [-0.2, 0) is 0 Å². The maximum atomic E-state index is 6.04. The summed E-state index contributed by atoms with van der Waals surface area (Å²) in [5, 5.41) is 4.72. The summed E-state index contributed by atoms with van der Waals surface area (Å²) in [7, 11) is 0. The predicted molar refractivity (Wildman–Crippen MR) is 77.2 cm³/mol. The fourth-order valence-corrected chi connectivity index (χ4v) is 2.11. The summed E-state index contributed by atoms with van der Waals surface area (Å²) in [5.74, 6) is 1.06. The second-order valence-corrected chi connectivity index (χ2v) is 5.46. The predicted octanol–water partition coefficient (Wildman–Crippen LogP) is 4.73. The largest absolute Gasteiger partial charge is 0.316 e. The SMILES string of the molecule is CCCNCC(C)C(C)c1ccc(Cl)c(Cl)c1. The van der Waals surface area contributed by atoms with Gasteiger partial charge in [-0.1, -0.05) is 50.0 Å². The summed E-state index contributed by atoms with van der Waals surface area (Å²) in [4.78, 5) is 0. The van der Waals surface area contributed by atoms with E-state index >= 15 is 0 Å². The van der Waals surface area contributed by atoms with Crippen molar-refractivity contribution in [1.29, 1.82) is 0 Å². The van der Waals surface area contributed by atoms with Gasteiger partial charge in [-0.15, -0.1) is 0 Å². The first-order chi connectivity index (χ1) is 8.06. The molecule has 2 atom stereocenters. The topological polar surface area (TPSA) is 12.0 Å². The van der Waals surface area contributed by atoms with E-state index in [1.165, 1.54) is 12.0 Å². The van der Waals surface area contributed by atoms with Crippen LogP contribution in [0.2, 0.25) is 10.0 Å². The first-order valence-electron chi connectivity index (χ1n) is 6.22. The quantitative estimate of drug-likeness (QED) is 0.739. The molecule has 0 aromatic heterocycles. The van der Waals surface area contributed by atoms with Crippen molar-refractivity contribution in [2.75, 3.05) is 13.1 Å². The molecule has 1 nitrogen and oxygen atoms in total. The van der Waals surface area contributed by atoms with Crippen LogP contribution in [-0.4, -0.2) is 13.1 Å². The van der Waals surface area contributed by atoms with Crippen LogP contribution in [0.1, 0.15) is 38.7 Å². The standard InChI is InChI=1S/C14H21Cl2N/c1-4-7-17-9-10(2)11(3)12-5-6-13(15)14(16)8-12/h5-6,8,10-11,17H,4,7,9H2,1-3H3. The van der Waals surface area contributed by atoms with Gasteiger partial charge in [-0.3, -0.25) is 0 Å². The van der Waals surface area contributed by atoms with Gasteiger partial charge in [0.05, 0.1) is 10.0 Å². The van der Waals surface area contributed by atoms with Gasteiger partial charge in [0.25, 0.3) is 0 Å². The summed E-state index contributed by atoms with van der Waals surface area (Å²) >= 11 is 12.0. The van der Waals surface area contributed by atoms with Gasteiger partial charge in [-0.25, -0.2) is 0 Å². The summed E-state index contributed by atoms with van der Waals surface area (Å²) in [6, 6.07) is 5.92. The number of hydrogen-bond acceptors (Lipinski definition) is 1. The molecule has 0 saturated heterocycles. The lowest BCUT2D eigenvalue weighted by Crippen LogP contribution is -2.25. The Morgan fingerprint density at radius 1 is 1.18 bits per heavy atom. The molecule has 2 unspecified atom stereocenters. The molecule has 1 N–H and O–H groups in total. The Morgan fingerprint density at radius 3 is 2.47 bits per heavy atom. The molecule has 0 bridgehead atoms. The molecule has 17 heavy (non-hydrogen) atoms. The molecule has 1 rings (SSSR count). The molecule has 3 heteroatoms. The maximum absolute atomic E-state index is 6.04. The molecule has 96 valence electrons. The second kappa shape index (κ2) is 7.25. The van der Waals surface area contributed by atoms with Crippen LogP contribution < -0.4 is 5.32 Å². The van der Waals surface area contributed by atoms with Crippen molar-refractivity contribution >= 4 is 23.2 Å². The molecule has 0 saturated carbocycles. The third kappa shape index (κ3) is 4.50. The van der Waals surface area contributed by atoms with E-state index in [4.69, 9.17) is 23.2 Å². The zero-order valence-electron chi connectivity index (χ0n) is 10.8. The highest BCUT2D eigenvalue weighted by Crippen LogP contribution is 2.29. The monoisotopic (exact) mass is 273 g/mol. The van der Waals surface area contributed by atoms with Crippen molar-refractivity contribution in [2.24, 2.45) is 5.92 Å². The molecular formula is C14H21Cl2N. The van der Waals surface area contributed by atoms with Crippen molar-refractivity contribution in [2.45, 2.75) is 33.1 Å². The van der Waals surface area contributed by atoms with E-state index in [-0.39, 0.29) is 0 Å². The van der Waals surface area contributed by atoms with Gasteiger partial charge in [0, 0.05) is 0 Å². The minimum absolute atomic E-state index is 0.481. The first kappa shape index (κ1) is 14.8. The molecule has 0 aliphatic rings.